The Labute approximate surface area is 184 Å². The molecule has 0 amide bonds. The quantitative estimate of drug-likeness (QED) is 0.425. The number of hydrogen-bond donors (Lipinski definition) is 0. The molecule has 1 saturated carbocycles. The van der Waals surface area contributed by atoms with Crippen LogP contribution < -0.4 is 0 Å². The van der Waals surface area contributed by atoms with Crippen LogP contribution in [0.15, 0.2) is 54.6 Å². The van der Waals surface area contributed by atoms with E-state index in [0.29, 0.717) is 17.4 Å². The van der Waals surface area contributed by atoms with Crippen LogP contribution in [-0.4, -0.2) is 0 Å². The Morgan fingerprint density at radius 2 is 1.68 bits per heavy atom. The molecule has 0 radical (unpaired) electrons. The monoisotopic (exact) mass is 424 g/mol. The third-order valence-electron chi connectivity index (χ3n) is 6.23. The summed E-state index contributed by atoms with van der Waals surface area (Å²) in [6.07, 6.45) is 7.85. The molecule has 0 nitrogen and oxygen atoms in total. The van der Waals surface area contributed by atoms with E-state index in [9.17, 15) is 13.2 Å². The molecule has 0 bridgehead atoms. The number of allylic oxidation sites excluding steroid dienone is 2. The summed E-state index contributed by atoms with van der Waals surface area (Å²) in [7, 11) is 0. The van der Waals surface area contributed by atoms with Gasteiger partial charge in [-0.25, -0.2) is 0 Å². The van der Waals surface area contributed by atoms with Gasteiger partial charge in [0, 0.05) is 5.56 Å². The van der Waals surface area contributed by atoms with Gasteiger partial charge in [0.25, 0.3) is 0 Å². The SMILES string of the molecule is CCCc1cc(CC)ccc1[C@H]1CC[C@H](/C=C/C#Cc2ccc(C(F)(F)F)cc2)CC1. The van der Waals surface area contributed by atoms with E-state index >= 15 is 0 Å². The van der Waals surface area contributed by atoms with E-state index in [2.05, 4.69) is 50.0 Å². The topological polar surface area (TPSA) is 0 Å². The molecular formula is C28H31F3. The molecule has 0 aliphatic heterocycles. The highest BCUT2D eigenvalue weighted by molar-refractivity contribution is 5.39. The molecular weight excluding hydrogens is 393 g/mol. The summed E-state index contributed by atoms with van der Waals surface area (Å²) in [4.78, 5) is 0. The van der Waals surface area contributed by atoms with E-state index < -0.39 is 11.7 Å². The second-order valence-corrected chi connectivity index (χ2v) is 8.45. The van der Waals surface area contributed by atoms with Gasteiger partial charge in [0.05, 0.1) is 5.56 Å². The van der Waals surface area contributed by atoms with Crippen LogP contribution >= 0.6 is 0 Å². The molecule has 1 aliphatic rings. The highest BCUT2D eigenvalue weighted by Gasteiger charge is 2.29. The van der Waals surface area contributed by atoms with Crippen molar-refractivity contribution in [2.75, 3.05) is 0 Å². The number of aryl methyl sites for hydroxylation is 2. The van der Waals surface area contributed by atoms with Crippen molar-refractivity contribution in [1.82, 2.24) is 0 Å². The Morgan fingerprint density at radius 3 is 2.29 bits per heavy atom. The van der Waals surface area contributed by atoms with Gasteiger partial charge in [-0.1, -0.05) is 56.4 Å². The Kier molecular flexibility index (Phi) is 8.02. The molecule has 31 heavy (non-hydrogen) atoms. The Bertz CT molecular complexity index is 931. The lowest BCUT2D eigenvalue weighted by molar-refractivity contribution is -0.137. The van der Waals surface area contributed by atoms with Crippen molar-refractivity contribution < 1.29 is 13.2 Å². The Balaban J connectivity index is 1.55. The summed E-state index contributed by atoms with van der Waals surface area (Å²) < 4.78 is 37.8. The lowest BCUT2D eigenvalue weighted by Crippen LogP contribution is -2.13. The fraction of sp³-hybridized carbons (Fsp3) is 0.429. The second kappa shape index (κ2) is 10.7. The molecule has 2 aromatic rings. The van der Waals surface area contributed by atoms with Gasteiger partial charge in [-0.3, -0.25) is 0 Å². The lowest BCUT2D eigenvalue weighted by Gasteiger charge is -2.29. The second-order valence-electron chi connectivity index (χ2n) is 8.45. The maximum Gasteiger partial charge on any atom is 0.416 e. The molecule has 1 aliphatic carbocycles. The molecule has 2 aromatic carbocycles. The molecule has 0 unspecified atom stereocenters. The van der Waals surface area contributed by atoms with Crippen molar-refractivity contribution in [3.05, 3.63) is 82.4 Å². The summed E-state index contributed by atoms with van der Waals surface area (Å²) >= 11 is 0. The molecule has 0 heterocycles. The first-order chi connectivity index (χ1) is 14.9. The van der Waals surface area contributed by atoms with Crippen LogP contribution in [-0.2, 0) is 19.0 Å². The van der Waals surface area contributed by atoms with E-state index in [1.165, 1.54) is 42.5 Å². The van der Waals surface area contributed by atoms with Crippen LogP contribution in [0.5, 0.6) is 0 Å². The first kappa shape index (κ1) is 23.2. The standard InChI is InChI=1S/C28H31F3/c1-3-7-25-20-21(4-2)14-19-27(25)24-15-10-22(11-16-24)8-5-6-9-23-12-17-26(18-13-23)28(29,30)31/h5,8,12-14,17-20,22,24H,3-4,7,10-11,15-16H2,1-2H3/b8-5+/t22-,24-. The Morgan fingerprint density at radius 1 is 0.968 bits per heavy atom. The van der Waals surface area contributed by atoms with Gasteiger partial charge in [-0.2, -0.15) is 13.2 Å². The van der Waals surface area contributed by atoms with Gasteiger partial charge in [-0.05, 0) is 97.4 Å². The third kappa shape index (κ3) is 6.50. The molecule has 3 rings (SSSR count). The normalized spacial score (nSPS) is 19.3. The van der Waals surface area contributed by atoms with Crippen molar-refractivity contribution in [3.8, 4) is 11.8 Å². The van der Waals surface area contributed by atoms with E-state index in [4.69, 9.17) is 0 Å². The summed E-state index contributed by atoms with van der Waals surface area (Å²) in [6.45, 7) is 4.46. The molecule has 0 saturated heterocycles. The van der Waals surface area contributed by atoms with Crippen LogP contribution in [0.25, 0.3) is 0 Å². The highest BCUT2D eigenvalue weighted by atomic mass is 19.4. The smallest absolute Gasteiger partial charge is 0.166 e. The van der Waals surface area contributed by atoms with Crippen molar-refractivity contribution >= 4 is 0 Å². The summed E-state index contributed by atoms with van der Waals surface area (Å²) in [5.41, 5.74) is 4.46. The van der Waals surface area contributed by atoms with E-state index in [0.717, 1.165) is 37.8 Å². The number of halogens is 3. The number of benzene rings is 2. The molecule has 0 aromatic heterocycles. The minimum atomic E-state index is -4.31. The fourth-order valence-electron chi connectivity index (χ4n) is 4.44. The van der Waals surface area contributed by atoms with Crippen molar-refractivity contribution in [1.29, 1.82) is 0 Å². The highest BCUT2D eigenvalue weighted by Crippen LogP contribution is 2.38. The van der Waals surface area contributed by atoms with Crippen LogP contribution in [0, 0.1) is 17.8 Å². The maximum atomic E-state index is 12.6. The first-order valence-corrected chi connectivity index (χ1v) is 11.4. The van der Waals surface area contributed by atoms with Gasteiger partial charge in [-0.15, -0.1) is 0 Å². The molecule has 3 heteroatoms. The first-order valence-electron chi connectivity index (χ1n) is 11.4. The Hall–Kier alpha value is -2.47. The van der Waals surface area contributed by atoms with Crippen LogP contribution in [0.2, 0.25) is 0 Å². The van der Waals surface area contributed by atoms with Crippen molar-refractivity contribution in [3.63, 3.8) is 0 Å². The predicted octanol–water partition coefficient (Wildman–Crippen LogP) is 8.10. The molecule has 0 spiro atoms. The third-order valence-corrected chi connectivity index (χ3v) is 6.23. The largest absolute Gasteiger partial charge is 0.416 e. The molecule has 0 N–H and O–H groups in total. The van der Waals surface area contributed by atoms with Crippen molar-refractivity contribution in [2.45, 2.75) is 70.9 Å². The summed E-state index contributed by atoms with van der Waals surface area (Å²) in [6, 6.07) is 12.1. The molecule has 164 valence electrons. The van der Waals surface area contributed by atoms with Crippen LogP contribution in [0.1, 0.15) is 79.7 Å². The van der Waals surface area contributed by atoms with Gasteiger partial charge < -0.3 is 0 Å². The minimum Gasteiger partial charge on any atom is -0.166 e. The molecule has 1 fully saturated rings. The zero-order valence-electron chi connectivity index (χ0n) is 18.4. The molecule has 0 atom stereocenters. The predicted molar refractivity (Wildman–Crippen MR) is 122 cm³/mol. The maximum absolute atomic E-state index is 12.6. The fourth-order valence-corrected chi connectivity index (χ4v) is 4.44. The number of hydrogen-bond acceptors (Lipinski definition) is 0. The number of rotatable bonds is 5. The van der Waals surface area contributed by atoms with Crippen molar-refractivity contribution in [2.24, 2.45) is 5.92 Å². The van der Waals surface area contributed by atoms with E-state index in [1.807, 2.05) is 6.08 Å². The van der Waals surface area contributed by atoms with E-state index in [1.54, 1.807) is 5.56 Å². The van der Waals surface area contributed by atoms with E-state index in [-0.39, 0.29) is 0 Å². The van der Waals surface area contributed by atoms with Gasteiger partial charge in [0.2, 0.25) is 0 Å². The summed E-state index contributed by atoms with van der Waals surface area (Å²) in [5.74, 6) is 7.08. The average Bonchev–Trinajstić information content (AvgIpc) is 2.77. The van der Waals surface area contributed by atoms with Gasteiger partial charge >= 0.3 is 6.18 Å². The number of alkyl halides is 3. The van der Waals surface area contributed by atoms with Gasteiger partial charge in [0.15, 0.2) is 0 Å². The average molecular weight is 425 g/mol. The van der Waals surface area contributed by atoms with Crippen LogP contribution in [0.3, 0.4) is 0 Å². The summed E-state index contributed by atoms with van der Waals surface area (Å²) in [5, 5.41) is 0. The zero-order chi connectivity index (χ0) is 22.3. The van der Waals surface area contributed by atoms with Gasteiger partial charge in [0.1, 0.15) is 0 Å². The zero-order valence-corrected chi connectivity index (χ0v) is 18.4. The lowest BCUT2D eigenvalue weighted by atomic mass is 9.76. The van der Waals surface area contributed by atoms with Crippen LogP contribution in [0.4, 0.5) is 13.2 Å². The minimum absolute atomic E-state index is 0.530.